The van der Waals surface area contributed by atoms with Crippen molar-refractivity contribution in [3.05, 3.63) is 59.7 Å². The molecule has 2 aromatic rings. The van der Waals surface area contributed by atoms with E-state index in [4.69, 9.17) is 9.47 Å². The van der Waals surface area contributed by atoms with Crippen molar-refractivity contribution in [1.82, 2.24) is 0 Å². The van der Waals surface area contributed by atoms with Gasteiger partial charge in [0, 0.05) is 0 Å². The number of rotatable bonds is 3. The Morgan fingerprint density at radius 3 is 2.75 bits per heavy atom. The molecule has 0 radical (unpaired) electrons. The third kappa shape index (κ3) is 2.39. The fraction of sp³-hybridized carbons (Fsp3) is 0.235. The van der Waals surface area contributed by atoms with Crippen molar-refractivity contribution >= 4 is 5.78 Å². The van der Waals surface area contributed by atoms with Gasteiger partial charge >= 0.3 is 0 Å². The van der Waals surface area contributed by atoms with E-state index in [0.717, 1.165) is 5.56 Å². The lowest BCUT2D eigenvalue weighted by atomic mass is 9.89. The number of ketones is 1. The number of carbonyl (C=O) groups is 1. The van der Waals surface area contributed by atoms with Crippen molar-refractivity contribution in [2.24, 2.45) is 5.92 Å². The fourth-order valence-corrected chi connectivity index (χ4v) is 2.49. The van der Waals surface area contributed by atoms with E-state index in [1.165, 1.54) is 0 Å². The number of fused-ring (bicyclic) bond motifs is 1. The summed E-state index contributed by atoms with van der Waals surface area (Å²) in [7, 11) is 1.59. The summed E-state index contributed by atoms with van der Waals surface area (Å²) >= 11 is 0. The summed E-state index contributed by atoms with van der Waals surface area (Å²) in [6.07, 6.45) is 0.705. The molecule has 0 aromatic heterocycles. The van der Waals surface area contributed by atoms with Gasteiger partial charge in [0.15, 0.2) is 5.78 Å². The maximum absolute atomic E-state index is 12.6. The quantitative estimate of drug-likeness (QED) is 0.858. The molecule has 3 heteroatoms. The smallest absolute Gasteiger partial charge is 0.173 e. The van der Waals surface area contributed by atoms with Crippen LogP contribution in [0.5, 0.6) is 11.5 Å². The first-order valence-electron chi connectivity index (χ1n) is 6.67. The Kier molecular flexibility index (Phi) is 3.42. The molecule has 0 bridgehead atoms. The molecule has 1 aliphatic rings. The summed E-state index contributed by atoms with van der Waals surface area (Å²) in [4.78, 5) is 12.6. The van der Waals surface area contributed by atoms with Gasteiger partial charge in [0.05, 0.1) is 25.2 Å². The maximum atomic E-state index is 12.6. The molecule has 3 rings (SSSR count). The van der Waals surface area contributed by atoms with E-state index < -0.39 is 0 Å². The second-order valence-corrected chi connectivity index (χ2v) is 4.92. The van der Waals surface area contributed by atoms with E-state index in [9.17, 15) is 4.79 Å². The van der Waals surface area contributed by atoms with Crippen LogP contribution in [0.15, 0.2) is 48.5 Å². The highest BCUT2D eigenvalue weighted by Gasteiger charge is 2.29. The maximum Gasteiger partial charge on any atom is 0.173 e. The second kappa shape index (κ2) is 5.37. The molecule has 0 saturated carbocycles. The molecule has 1 heterocycles. The molecule has 1 aliphatic heterocycles. The van der Waals surface area contributed by atoms with Gasteiger partial charge in [-0.3, -0.25) is 4.79 Å². The zero-order chi connectivity index (χ0) is 13.9. The number of hydrogen-bond acceptors (Lipinski definition) is 3. The van der Waals surface area contributed by atoms with Crippen LogP contribution < -0.4 is 9.47 Å². The lowest BCUT2D eigenvalue weighted by molar-refractivity contribution is 0.0830. The number of carbonyl (C=O) groups excluding carboxylic acids is 1. The summed E-state index contributed by atoms with van der Waals surface area (Å²) in [6, 6.07) is 15.4. The fourth-order valence-electron chi connectivity index (χ4n) is 2.49. The molecule has 0 aliphatic carbocycles. The monoisotopic (exact) mass is 268 g/mol. The summed E-state index contributed by atoms with van der Waals surface area (Å²) in [6.45, 7) is 0.438. The van der Waals surface area contributed by atoms with Gasteiger partial charge in [-0.25, -0.2) is 0 Å². The van der Waals surface area contributed by atoms with Crippen molar-refractivity contribution in [1.29, 1.82) is 0 Å². The predicted molar refractivity (Wildman–Crippen MR) is 76.5 cm³/mol. The highest BCUT2D eigenvalue weighted by molar-refractivity contribution is 6.01. The van der Waals surface area contributed by atoms with Crippen LogP contribution >= 0.6 is 0 Å². The third-order valence-electron chi connectivity index (χ3n) is 3.59. The van der Waals surface area contributed by atoms with Gasteiger partial charge in [-0.15, -0.1) is 0 Å². The molecule has 0 N–H and O–H groups in total. The van der Waals surface area contributed by atoms with Crippen molar-refractivity contribution in [3.8, 4) is 11.5 Å². The number of methoxy groups -OCH3 is 1. The summed E-state index contributed by atoms with van der Waals surface area (Å²) in [5, 5.41) is 0. The summed E-state index contributed by atoms with van der Waals surface area (Å²) in [5.41, 5.74) is 1.78. The minimum absolute atomic E-state index is 0.128. The standard InChI is InChI=1S/C17H16O3/c1-19-14-7-8-16-15(10-14)17(18)13(11-20-16)9-12-5-3-2-4-6-12/h2-8,10,13H,9,11H2,1H3. The van der Waals surface area contributed by atoms with Gasteiger partial charge in [-0.2, -0.15) is 0 Å². The van der Waals surface area contributed by atoms with Gasteiger partial charge < -0.3 is 9.47 Å². The SMILES string of the molecule is COc1ccc2c(c1)C(=O)C(Cc1ccccc1)CO2. The van der Waals surface area contributed by atoms with E-state index in [0.29, 0.717) is 30.1 Å². The Balaban J connectivity index is 1.85. The first-order chi connectivity index (χ1) is 9.78. The van der Waals surface area contributed by atoms with E-state index in [1.807, 2.05) is 36.4 Å². The van der Waals surface area contributed by atoms with Crippen molar-refractivity contribution < 1.29 is 14.3 Å². The Bertz CT molecular complexity index is 619. The molecule has 2 aromatic carbocycles. The van der Waals surface area contributed by atoms with Crippen molar-refractivity contribution in [3.63, 3.8) is 0 Å². The van der Waals surface area contributed by atoms with Gasteiger partial charge in [0.1, 0.15) is 11.5 Å². The van der Waals surface area contributed by atoms with Gasteiger partial charge in [0.25, 0.3) is 0 Å². The largest absolute Gasteiger partial charge is 0.497 e. The van der Waals surface area contributed by atoms with E-state index in [2.05, 4.69) is 0 Å². The molecule has 1 atom stereocenters. The molecule has 3 nitrogen and oxygen atoms in total. The predicted octanol–water partition coefficient (Wildman–Crippen LogP) is 3.13. The molecule has 20 heavy (non-hydrogen) atoms. The average Bonchev–Trinajstić information content (AvgIpc) is 2.51. The molecule has 0 fully saturated rings. The highest BCUT2D eigenvalue weighted by atomic mass is 16.5. The van der Waals surface area contributed by atoms with Crippen LogP contribution in [0.3, 0.4) is 0 Å². The van der Waals surface area contributed by atoms with Crippen LogP contribution in [-0.2, 0) is 6.42 Å². The minimum atomic E-state index is -0.128. The lowest BCUT2D eigenvalue weighted by Gasteiger charge is -2.24. The van der Waals surface area contributed by atoms with Crippen LogP contribution in [-0.4, -0.2) is 19.5 Å². The molecule has 1 unspecified atom stereocenters. The van der Waals surface area contributed by atoms with Crippen LogP contribution in [0, 0.1) is 5.92 Å². The Hall–Kier alpha value is -2.29. The molecular formula is C17H16O3. The summed E-state index contributed by atoms with van der Waals surface area (Å²) in [5.74, 6) is 1.34. The molecule has 0 saturated heterocycles. The van der Waals surface area contributed by atoms with Gasteiger partial charge in [0.2, 0.25) is 0 Å². The van der Waals surface area contributed by atoms with E-state index in [-0.39, 0.29) is 11.7 Å². The lowest BCUT2D eigenvalue weighted by Crippen LogP contribution is -2.29. The molecule has 0 spiro atoms. The average molecular weight is 268 g/mol. The van der Waals surface area contributed by atoms with E-state index in [1.54, 1.807) is 19.2 Å². The van der Waals surface area contributed by atoms with Crippen molar-refractivity contribution in [2.75, 3.05) is 13.7 Å². The number of Topliss-reactive ketones (excluding diaryl/α,β-unsaturated/α-hetero) is 1. The highest BCUT2D eigenvalue weighted by Crippen LogP contribution is 2.31. The topological polar surface area (TPSA) is 35.5 Å². The zero-order valence-corrected chi connectivity index (χ0v) is 11.3. The Morgan fingerprint density at radius 1 is 1.20 bits per heavy atom. The molecule has 0 amide bonds. The van der Waals surface area contributed by atoms with Gasteiger partial charge in [-0.05, 0) is 30.2 Å². The number of hydrogen-bond donors (Lipinski definition) is 0. The van der Waals surface area contributed by atoms with Crippen molar-refractivity contribution in [2.45, 2.75) is 6.42 Å². The van der Waals surface area contributed by atoms with E-state index >= 15 is 0 Å². The minimum Gasteiger partial charge on any atom is -0.497 e. The molecular weight excluding hydrogens is 252 g/mol. The van der Waals surface area contributed by atoms with Crippen LogP contribution in [0.25, 0.3) is 0 Å². The van der Waals surface area contributed by atoms with Crippen LogP contribution in [0.4, 0.5) is 0 Å². The molecule has 102 valence electrons. The third-order valence-corrected chi connectivity index (χ3v) is 3.59. The second-order valence-electron chi connectivity index (χ2n) is 4.92. The Morgan fingerprint density at radius 2 is 2.00 bits per heavy atom. The van der Waals surface area contributed by atoms with Gasteiger partial charge in [-0.1, -0.05) is 30.3 Å². The first-order valence-corrected chi connectivity index (χ1v) is 6.67. The Labute approximate surface area is 118 Å². The first kappa shape index (κ1) is 12.7. The zero-order valence-electron chi connectivity index (χ0n) is 11.3. The normalized spacial score (nSPS) is 17.2. The van der Waals surface area contributed by atoms with Crippen LogP contribution in [0.1, 0.15) is 15.9 Å². The van der Waals surface area contributed by atoms with Crippen LogP contribution in [0.2, 0.25) is 0 Å². The number of ether oxygens (including phenoxy) is 2. The summed E-state index contributed by atoms with van der Waals surface area (Å²) < 4.78 is 10.9. The number of benzene rings is 2.